The summed E-state index contributed by atoms with van der Waals surface area (Å²) in [5.74, 6) is 1.56. The molecule has 1 aliphatic heterocycles. The summed E-state index contributed by atoms with van der Waals surface area (Å²) in [7, 11) is 0. The van der Waals surface area contributed by atoms with Gasteiger partial charge in [0, 0.05) is 18.8 Å². The molecule has 14 heavy (non-hydrogen) atoms. The Morgan fingerprint density at radius 1 is 1.36 bits per heavy atom. The van der Waals surface area contributed by atoms with E-state index in [1.807, 2.05) is 0 Å². The largest absolute Gasteiger partial charge is 0.375 e. The van der Waals surface area contributed by atoms with Gasteiger partial charge in [-0.3, -0.25) is 0 Å². The summed E-state index contributed by atoms with van der Waals surface area (Å²) in [6, 6.07) is 0. The van der Waals surface area contributed by atoms with Crippen LogP contribution in [0.3, 0.4) is 0 Å². The van der Waals surface area contributed by atoms with Crippen molar-refractivity contribution in [3.05, 3.63) is 12.3 Å². The SMILES string of the molecule is C=C(C(C)C)N1CCCC(CC)CC1. The maximum atomic E-state index is 4.20. The Bertz CT molecular complexity index is 184. The molecule has 0 bridgehead atoms. The molecule has 0 radical (unpaired) electrons. The molecule has 1 fully saturated rings. The highest BCUT2D eigenvalue weighted by Crippen LogP contribution is 2.24. The number of likely N-dealkylation sites (tertiary alicyclic amines) is 1. The van der Waals surface area contributed by atoms with Crippen LogP contribution in [0.4, 0.5) is 0 Å². The van der Waals surface area contributed by atoms with E-state index >= 15 is 0 Å². The van der Waals surface area contributed by atoms with Gasteiger partial charge in [0.1, 0.15) is 0 Å². The molecule has 0 aromatic carbocycles. The smallest absolute Gasteiger partial charge is 0.0177 e. The lowest BCUT2D eigenvalue weighted by Crippen LogP contribution is -2.26. The summed E-state index contributed by atoms with van der Waals surface area (Å²) < 4.78 is 0. The first kappa shape index (κ1) is 11.6. The lowest BCUT2D eigenvalue weighted by molar-refractivity contribution is 0.319. The highest BCUT2D eigenvalue weighted by atomic mass is 15.1. The molecular formula is C13H25N. The third-order valence-corrected chi connectivity index (χ3v) is 3.50. The Morgan fingerprint density at radius 2 is 2.07 bits per heavy atom. The summed E-state index contributed by atoms with van der Waals surface area (Å²) in [5, 5.41) is 0. The maximum absolute atomic E-state index is 4.20. The van der Waals surface area contributed by atoms with Gasteiger partial charge in [0.05, 0.1) is 0 Å². The number of nitrogens with zero attached hydrogens (tertiary/aromatic N) is 1. The zero-order valence-corrected chi connectivity index (χ0v) is 10.1. The standard InChI is InChI=1S/C13H25N/c1-5-13-7-6-9-14(10-8-13)12(4)11(2)3/h11,13H,4-10H2,1-3H3. The first-order valence-corrected chi connectivity index (χ1v) is 6.08. The molecule has 0 aromatic rings. The fraction of sp³-hybridized carbons (Fsp3) is 0.846. The average Bonchev–Trinajstić information content (AvgIpc) is 2.41. The third-order valence-electron chi connectivity index (χ3n) is 3.50. The molecule has 1 saturated heterocycles. The van der Waals surface area contributed by atoms with Crippen LogP contribution in [0.5, 0.6) is 0 Å². The van der Waals surface area contributed by atoms with Crippen LogP contribution in [0.1, 0.15) is 46.5 Å². The van der Waals surface area contributed by atoms with Crippen molar-refractivity contribution < 1.29 is 0 Å². The molecule has 0 amide bonds. The third kappa shape index (κ3) is 3.04. The van der Waals surface area contributed by atoms with E-state index in [2.05, 4.69) is 32.3 Å². The minimum absolute atomic E-state index is 0.605. The number of hydrogen-bond donors (Lipinski definition) is 0. The van der Waals surface area contributed by atoms with Gasteiger partial charge in [-0.15, -0.1) is 0 Å². The first-order chi connectivity index (χ1) is 6.65. The Morgan fingerprint density at radius 3 is 2.64 bits per heavy atom. The lowest BCUT2D eigenvalue weighted by Gasteiger charge is -2.27. The Hall–Kier alpha value is -0.460. The van der Waals surface area contributed by atoms with Crippen molar-refractivity contribution in [3.8, 4) is 0 Å². The van der Waals surface area contributed by atoms with Gasteiger partial charge in [0.15, 0.2) is 0 Å². The fourth-order valence-electron chi connectivity index (χ4n) is 2.23. The van der Waals surface area contributed by atoms with Crippen molar-refractivity contribution in [3.63, 3.8) is 0 Å². The Balaban J connectivity index is 2.45. The molecule has 0 spiro atoms. The molecule has 1 nitrogen and oxygen atoms in total. The minimum Gasteiger partial charge on any atom is -0.375 e. The van der Waals surface area contributed by atoms with Crippen LogP contribution in [0, 0.1) is 11.8 Å². The topological polar surface area (TPSA) is 3.24 Å². The van der Waals surface area contributed by atoms with Crippen molar-refractivity contribution >= 4 is 0 Å². The molecule has 1 heteroatoms. The monoisotopic (exact) mass is 195 g/mol. The van der Waals surface area contributed by atoms with Crippen LogP contribution >= 0.6 is 0 Å². The Labute approximate surface area is 89.2 Å². The van der Waals surface area contributed by atoms with Gasteiger partial charge in [-0.05, 0) is 31.1 Å². The van der Waals surface area contributed by atoms with Gasteiger partial charge in [-0.1, -0.05) is 33.8 Å². The molecule has 1 rings (SSSR count). The Kier molecular flexibility index (Phi) is 4.50. The van der Waals surface area contributed by atoms with Gasteiger partial charge in [0.2, 0.25) is 0 Å². The number of hydrogen-bond acceptors (Lipinski definition) is 1. The van der Waals surface area contributed by atoms with E-state index in [4.69, 9.17) is 0 Å². The van der Waals surface area contributed by atoms with Gasteiger partial charge < -0.3 is 4.90 Å². The summed E-state index contributed by atoms with van der Waals surface area (Å²) in [6.07, 6.45) is 5.48. The zero-order valence-electron chi connectivity index (χ0n) is 10.1. The summed E-state index contributed by atoms with van der Waals surface area (Å²) in [5.41, 5.74) is 1.33. The molecule has 1 heterocycles. The molecule has 0 aromatic heterocycles. The maximum Gasteiger partial charge on any atom is 0.0177 e. The molecule has 0 N–H and O–H groups in total. The molecule has 1 aliphatic rings. The second-order valence-corrected chi connectivity index (χ2v) is 4.84. The molecule has 0 aliphatic carbocycles. The summed E-state index contributed by atoms with van der Waals surface area (Å²) in [4.78, 5) is 2.50. The quantitative estimate of drug-likeness (QED) is 0.664. The second-order valence-electron chi connectivity index (χ2n) is 4.84. The molecular weight excluding hydrogens is 170 g/mol. The van der Waals surface area contributed by atoms with Crippen molar-refractivity contribution in [1.29, 1.82) is 0 Å². The van der Waals surface area contributed by atoms with Crippen LogP contribution in [-0.4, -0.2) is 18.0 Å². The summed E-state index contributed by atoms with van der Waals surface area (Å²) in [6.45, 7) is 13.5. The predicted molar refractivity (Wildman–Crippen MR) is 63.2 cm³/mol. The fourth-order valence-corrected chi connectivity index (χ4v) is 2.23. The van der Waals surface area contributed by atoms with Gasteiger partial charge >= 0.3 is 0 Å². The molecule has 1 atom stereocenters. The molecule has 0 saturated carbocycles. The highest BCUT2D eigenvalue weighted by molar-refractivity contribution is 4.97. The van der Waals surface area contributed by atoms with Gasteiger partial charge in [0.25, 0.3) is 0 Å². The van der Waals surface area contributed by atoms with Crippen molar-refractivity contribution in [2.75, 3.05) is 13.1 Å². The van der Waals surface area contributed by atoms with E-state index < -0.39 is 0 Å². The van der Waals surface area contributed by atoms with Crippen molar-refractivity contribution in [1.82, 2.24) is 4.90 Å². The van der Waals surface area contributed by atoms with E-state index in [1.165, 1.54) is 44.5 Å². The summed E-state index contributed by atoms with van der Waals surface area (Å²) >= 11 is 0. The zero-order chi connectivity index (χ0) is 10.6. The van der Waals surface area contributed by atoms with E-state index in [9.17, 15) is 0 Å². The first-order valence-electron chi connectivity index (χ1n) is 6.08. The molecule has 1 unspecified atom stereocenters. The second kappa shape index (κ2) is 5.43. The minimum atomic E-state index is 0.605. The predicted octanol–water partition coefficient (Wildman–Crippen LogP) is 3.67. The van der Waals surface area contributed by atoms with Gasteiger partial charge in [-0.2, -0.15) is 0 Å². The van der Waals surface area contributed by atoms with Crippen LogP contribution in [-0.2, 0) is 0 Å². The van der Waals surface area contributed by atoms with E-state index in [1.54, 1.807) is 0 Å². The van der Waals surface area contributed by atoms with Crippen LogP contribution in [0.15, 0.2) is 12.3 Å². The van der Waals surface area contributed by atoms with Crippen molar-refractivity contribution in [2.45, 2.75) is 46.5 Å². The number of allylic oxidation sites excluding steroid dienone is 1. The van der Waals surface area contributed by atoms with Crippen molar-refractivity contribution in [2.24, 2.45) is 11.8 Å². The molecule has 82 valence electrons. The number of rotatable bonds is 3. The van der Waals surface area contributed by atoms with Crippen LogP contribution in [0.2, 0.25) is 0 Å². The normalized spacial score (nSPS) is 23.7. The highest BCUT2D eigenvalue weighted by Gasteiger charge is 2.17. The van der Waals surface area contributed by atoms with Crippen LogP contribution < -0.4 is 0 Å². The van der Waals surface area contributed by atoms with Crippen LogP contribution in [0.25, 0.3) is 0 Å². The lowest BCUT2D eigenvalue weighted by atomic mass is 9.98. The van der Waals surface area contributed by atoms with Gasteiger partial charge in [-0.25, -0.2) is 0 Å². The van der Waals surface area contributed by atoms with E-state index in [0.29, 0.717) is 5.92 Å². The van der Waals surface area contributed by atoms with E-state index in [-0.39, 0.29) is 0 Å². The average molecular weight is 195 g/mol. The van der Waals surface area contributed by atoms with E-state index in [0.717, 1.165) is 5.92 Å².